The molecule has 55 heavy (non-hydrogen) atoms. The summed E-state index contributed by atoms with van der Waals surface area (Å²) < 4.78 is 57.8. The molecule has 5 rings (SSSR count). The van der Waals surface area contributed by atoms with Crippen LogP contribution in [0.25, 0.3) is 0 Å². The van der Waals surface area contributed by atoms with Crippen molar-refractivity contribution in [3.8, 4) is 0 Å². The van der Waals surface area contributed by atoms with E-state index in [1.165, 1.54) is 0 Å². The van der Waals surface area contributed by atoms with Crippen LogP contribution in [-0.2, 0) is 47.4 Å². The van der Waals surface area contributed by atoms with Gasteiger partial charge < -0.3 is 52.8 Å². The van der Waals surface area contributed by atoms with Gasteiger partial charge in [0.25, 0.3) is 0 Å². The number of methoxy groups -OCH3 is 1. The third-order valence-electron chi connectivity index (χ3n) is 14.1. The van der Waals surface area contributed by atoms with Crippen molar-refractivity contribution in [2.75, 3.05) is 21.2 Å². The van der Waals surface area contributed by atoms with Crippen molar-refractivity contribution in [1.29, 1.82) is 0 Å². The molecule has 0 radical (unpaired) electrons. The largest absolute Gasteiger partial charge is 0.509 e. The van der Waals surface area contributed by atoms with Gasteiger partial charge in [-0.05, 0) is 80.8 Å². The Morgan fingerprint density at radius 2 is 1.53 bits per heavy atom. The lowest BCUT2D eigenvalue weighted by atomic mass is 9.72. The van der Waals surface area contributed by atoms with E-state index in [0.29, 0.717) is 19.3 Å². The summed E-state index contributed by atoms with van der Waals surface area (Å²) in [6.07, 6.45) is -4.64. The van der Waals surface area contributed by atoms with Crippen molar-refractivity contribution in [3.05, 3.63) is 0 Å². The molecule has 0 aromatic heterocycles. The maximum absolute atomic E-state index is 14.5. The highest BCUT2D eigenvalue weighted by molar-refractivity contribution is 5.73. The number of esters is 1. The molecule has 5 heterocycles. The van der Waals surface area contributed by atoms with Crippen LogP contribution in [-0.4, -0.2) is 122 Å². The van der Waals surface area contributed by atoms with Crippen molar-refractivity contribution >= 4 is 18.2 Å². The SMILES string of the molecule is CC[C@H]1OC(=O)[C@H](C)[C@@H](O[C@H]2C[C@@](C)(OC)[C@@H](C)[C@H](C)O2)[C@H](C)[C@@H](O[C@@H]2O[C@H](C)C[C@H](N(C)C)[C@H]2C)[C@]2(C)C[C@@H](C)[C@H](NC(=O)O2)[C@H](C)[C@H]2OC(=O)O[C@@]21C. The molecule has 19 atom stereocenters. The average Bonchev–Trinajstić information content (AvgIpc) is 3.36. The second-order valence-corrected chi connectivity index (χ2v) is 18.3. The predicted octanol–water partition coefficient (Wildman–Crippen LogP) is 6.07. The second-order valence-electron chi connectivity index (χ2n) is 18.3. The number of nitrogens with zero attached hydrogens (tertiary/aromatic N) is 1. The fourth-order valence-electron chi connectivity index (χ4n) is 10.5. The van der Waals surface area contributed by atoms with E-state index in [1.807, 2.05) is 48.5 Å². The summed E-state index contributed by atoms with van der Waals surface area (Å²) in [5.41, 5.74) is -3.14. The summed E-state index contributed by atoms with van der Waals surface area (Å²) in [4.78, 5) is 43.7. The zero-order valence-electron chi connectivity index (χ0n) is 35.9. The fraction of sp³-hybridized carbons (Fsp3) is 0.927. The molecule has 0 aromatic carbocycles. The zero-order valence-corrected chi connectivity index (χ0v) is 35.9. The van der Waals surface area contributed by atoms with Gasteiger partial charge in [-0.2, -0.15) is 0 Å². The topological polar surface area (TPSA) is 150 Å². The number of fused-ring (bicyclic) bond motifs is 4. The highest BCUT2D eigenvalue weighted by atomic mass is 16.8. The van der Waals surface area contributed by atoms with E-state index in [9.17, 15) is 14.4 Å². The summed E-state index contributed by atoms with van der Waals surface area (Å²) in [5, 5.41) is 3.10. The quantitative estimate of drug-likeness (QED) is 0.236. The van der Waals surface area contributed by atoms with E-state index in [-0.39, 0.29) is 36.0 Å². The van der Waals surface area contributed by atoms with Crippen molar-refractivity contribution in [1.82, 2.24) is 10.2 Å². The first-order valence-electron chi connectivity index (χ1n) is 20.5. The van der Waals surface area contributed by atoms with E-state index < -0.39 is 95.8 Å². The molecule has 0 aliphatic carbocycles. The lowest BCUT2D eigenvalue weighted by Gasteiger charge is -2.50. The molecule has 5 aliphatic rings. The van der Waals surface area contributed by atoms with Gasteiger partial charge >= 0.3 is 18.2 Å². The first-order chi connectivity index (χ1) is 25.6. The van der Waals surface area contributed by atoms with Crippen molar-refractivity contribution in [2.24, 2.45) is 35.5 Å². The second kappa shape index (κ2) is 16.6. The van der Waals surface area contributed by atoms with Crippen molar-refractivity contribution in [3.63, 3.8) is 0 Å². The number of hydrogen-bond donors (Lipinski definition) is 1. The van der Waals surface area contributed by atoms with Crippen LogP contribution in [0.5, 0.6) is 0 Å². The molecule has 1 amide bonds. The zero-order chi connectivity index (χ0) is 40.9. The van der Waals surface area contributed by atoms with Gasteiger partial charge in [0.05, 0.1) is 29.8 Å². The van der Waals surface area contributed by atoms with Crippen LogP contribution in [0.4, 0.5) is 9.59 Å². The van der Waals surface area contributed by atoms with Crippen molar-refractivity contribution in [2.45, 2.75) is 187 Å². The Kier molecular flexibility index (Phi) is 13.2. The Balaban J connectivity index is 1.65. The van der Waals surface area contributed by atoms with E-state index in [4.69, 9.17) is 42.6 Å². The molecule has 0 spiro atoms. The Hall–Kier alpha value is -2.23. The average molecular weight is 783 g/mol. The van der Waals surface area contributed by atoms with Gasteiger partial charge in [0.2, 0.25) is 0 Å². The molecule has 5 saturated heterocycles. The van der Waals surface area contributed by atoms with Gasteiger partial charge in [-0.25, -0.2) is 9.59 Å². The molecular formula is C41H70N2O12. The summed E-state index contributed by atoms with van der Waals surface area (Å²) in [6.45, 7) is 23.5. The third-order valence-corrected chi connectivity index (χ3v) is 14.1. The first-order valence-corrected chi connectivity index (χ1v) is 20.5. The number of carbonyl (C=O) groups is 3. The Bertz CT molecular complexity index is 1380. The molecule has 0 aromatic rings. The lowest BCUT2D eigenvalue weighted by Crippen LogP contribution is -2.59. The molecule has 1 N–H and O–H groups in total. The van der Waals surface area contributed by atoms with Crippen molar-refractivity contribution < 1.29 is 57.0 Å². The molecule has 0 saturated carbocycles. The number of ether oxygens (including phenoxy) is 9. The minimum Gasteiger partial charge on any atom is -0.458 e. The lowest BCUT2D eigenvalue weighted by molar-refractivity contribution is -0.306. The number of alkyl carbamates (subject to hydrolysis) is 1. The number of nitrogens with one attached hydrogen (secondary N) is 1. The molecule has 14 heteroatoms. The molecule has 2 bridgehead atoms. The summed E-state index contributed by atoms with van der Waals surface area (Å²) >= 11 is 0. The van der Waals surface area contributed by atoms with E-state index >= 15 is 0 Å². The summed E-state index contributed by atoms with van der Waals surface area (Å²) in [7, 11) is 5.80. The molecule has 316 valence electrons. The molecule has 14 nitrogen and oxygen atoms in total. The van der Waals surface area contributed by atoms with Gasteiger partial charge in [0, 0.05) is 49.3 Å². The van der Waals surface area contributed by atoms with E-state index in [2.05, 4.69) is 45.1 Å². The summed E-state index contributed by atoms with van der Waals surface area (Å²) in [6, 6.07) is -0.332. The van der Waals surface area contributed by atoms with Crippen LogP contribution in [0.2, 0.25) is 0 Å². The predicted molar refractivity (Wildman–Crippen MR) is 202 cm³/mol. The maximum atomic E-state index is 14.5. The van der Waals surface area contributed by atoms with Gasteiger partial charge in [-0.3, -0.25) is 4.79 Å². The highest BCUT2D eigenvalue weighted by Crippen LogP contribution is 2.46. The molecular weight excluding hydrogens is 712 g/mol. The number of carbonyl (C=O) groups excluding carboxylic acids is 3. The first kappa shape index (κ1) is 43.9. The van der Waals surface area contributed by atoms with Crippen LogP contribution in [0.1, 0.15) is 109 Å². The number of hydrogen-bond acceptors (Lipinski definition) is 13. The molecule has 5 aliphatic heterocycles. The minimum absolute atomic E-state index is 0.0480. The number of rotatable bonds is 7. The Morgan fingerprint density at radius 3 is 2.15 bits per heavy atom. The van der Waals surface area contributed by atoms with E-state index in [0.717, 1.165) is 6.42 Å². The monoisotopic (exact) mass is 782 g/mol. The number of amides is 1. The summed E-state index contributed by atoms with van der Waals surface area (Å²) in [5.74, 6) is -2.63. The van der Waals surface area contributed by atoms with Gasteiger partial charge in [0.15, 0.2) is 24.3 Å². The van der Waals surface area contributed by atoms with Gasteiger partial charge in [-0.1, -0.05) is 41.5 Å². The smallest absolute Gasteiger partial charge is 0.458 e. The maximum Gasteiger partial charge on any atom is 0.509 e. The Labute approximate surface area is 328 Å². The van der Waals surface area contributed by atoms with Crippen LogP contribution in [0.3, 0.4) is 0 Å². The van der Waals surface area contributed by atoms with Gasteiger partial charge in [0.1, 0.15) is 17.8 Å². The molecule has 5 fully saturated rings. The van der Waals surface area contributed by atoms with E-state index in [1.54, 1.807) is 21.0 Å². The fourth-order valence-corrected chi connectivity index (χ4v) is 10.5. The normalized spacial score (nSPS) is 49.8. The van der Waals surface area contributed by atoms with Crippen LogP contribution in [0, 0.1) is 35.5 Å². The van der Waals surface area contributed by atoms with Crippen LogP contribution < -0.4 is 5.32 Å². The third kappa shape index (κ3) is 8.51. The minimum atomic E-state index is -1.34. The number of cyclic esters (lactones) is 1. The molecule has 0 unspecified atom stereocenters. The standard InChI is InChI=1S/C41H70N2O12/c1-16-29-41(12)34(53-38(46)55-41)23(5)31-20(2)18-40(11,54-37(45)42-31)33(52-36-22(4)28(43(13)14)17-21(3)48-36)24(6)32(25(7)35(44)50-29)51-30-19-39(10,47-15)26(8)27(9)49-30/h20-34,36H,16-19H2,1-15H3,(H,42,45)/t20-,21-,22-,23+,24+,25-,26+,27+,28+,29-,30+,31+,32+,33-,34-,36+,39-,40+,41-/m1/s1. The van der Waals surface area contributed by atoms with Crippen LogP contribution in [0.15, 0.2) is 0 Å². The van der Waals surface area contributed by atoms with Crippen LogP contribution >= 0.6 is 0 Å². The van der Waals surface area contributed by atoms with Gasteiger partial charge in [-0.15, -0.1) is 0 Å². The Morgan fingerprint density at radius 1 is 0.855 bits per heavy atom. The highest BCUT2D eigenvalue weighted by Gasteiger charge is 2.60.